The van der Waals surface area contributed by atoms with Crippen LogP contribution in [0.25, 0.3) is 6.08 Å². The van der Waals surface area contributed by atoms with Crippen LogP contribution in [0.2, 0.25) is 0 Å². The Bertz CT molecular complexity index is 519. The van der Waals surface area contributed by atoms with E-state index in [1.165, 1.54) is 24.5 Å². The minimum absolute atomic E-state index is 0.0927. The first kappa shape index (κ1) is 14.2. The highest BCUT2D eigenvalue weighted by Crippen LogP contribution is 2.20. The Hall–Kier alpha value is -2.17. The molecule has 20 heavy (non-hydrogen) atoms. The Balaban J connectivity index is 1.88. The monoisotopic (exact) mass is 272 g/mol. The van der Waals surface area contributed by atoms with Crippen LogP contribution >= 0.6 is 0 Å². The van der Waals surface area contributed by atoms with Gasteiger partial charge in [-0.25, -0.2) is 9.97 Å². The molecule has 1 atom stereocenters. The van der Waals surface area contributed by atoms with Crippen molar-refractivity contribution in [3.63, 3.8) is 0 Å². The van der Waals surface area contributed by atoms with Crippen LogP contribution in [0.5, 0.6) is 0 Å². The molecule has 0 aliphatic heterocycles. The molecule has 0 saturated carbocycles. The highest BCUT2D eigenvalue weighted by Gasteiger charge is 2.12. The van der Waals surface area contributed by atoms with Crippen molar-refractivity contribution >= 4 is 17.9 Å². The summed E-state index contributed by atoms with van der Waals surface area (Å²) >= 11 is 0. The van der Waals surface area contributed by atoms with E-state index in [4.69, 9.17) is 5.73 Å². The van der Waals surface area contributed by atoms with Crippen molar-refractivity contribution in [2.75, 3.05) is 5.73 Å². The molecule has 1 unspecified atom stereocenters. The number of carbonyl (C=O) groups excluding carboxylic acids is 1. The second kappa shape index (κ2) is 6.84. The highest BCUT2D eigenvalue weighted by atomic mass is 16.1. The van der Waals surface area contributed by atoms with Crippen LogP contribution in [0.3, 0.4) is 0 Å². The van der Waals surface area contributed by atoms with Crippen molar-refractivity contribution in [3.8, 4) is 0 Å². The normalized spacial score (nSPS) is 16.8. The van der Waals surface area contributed by atoms with Crippen molar-refractivity contribution in [1.29, 1.82) is 0 Å². The molecular weight excluding hydrogens is 252 g/mol. The van der Waals surface area contributed by atoms with Crippen LogP contribution in [0.15, 0.2) is 30.1 Å². The predicted octanol–water partition coefficient (Wildman–Crippen LogP) is 2.08. The molecular formula is C15H20N4O. The lowest BCUT2D eigenvalue weighted by atomic mass is 9.95. The molecule has 0 saturated heterocycles. The van der Waals surface area contributed by atoms with Gasteiger partial charge in [0.1, 0.15) is 0 Å². The molecule has 1 aliphatic carbocycles. The third-order valence-corrected chi connectivity index (χ3v) is 3.36. The standard InChI is InChI=1S/C15H20N4O/c1-11(13-5-3-2-4-6-13)19-14(20)8-7-12-9-17-15(16)18-10-12/h5,7-11H,2-4,6H2,1H3,(H,19,20)(H2,16,17,18)/b8-7+. The number of rotatable bonds is 4. The maximum atomic E-state index is 11.8. The fourth-order valence-electron chi connectivity index (χ4n) is 2.22. The van der Waals surface area contributed by atoms with E-state index in [-0.39, 0.29) is 17.9 Å². The molecule has 1 aromatic rings. The SMILES string of the molecule is CC(NC(=O)/C=C/c1cnc(N)nc1)C1=CCCCC1. The molecule has 0 fully saturated rings. The summed E-state index contributed by atoms with van der Waals surface area (Å²) in [6.45, 7) is 2.02. The van der Waals surface area contributed by atoms with Crippen molar-refractivity contribution in [2.45, 2.75) is 38.6 Å². The molecule has 1 amide bonds. The minimum atomic E-state index is -0.110. The summed E-state index contributed by atoms with van der Waals surface area (Å²) in [7, 11) is 0. The van der Waals surface area contributed by atoms with Gasteiger partial charge in [0.2, 0.25) is 11.9 Å². The van der Waals surface area contributed by atoms with E-state index in [0.29, 0.717) is 0 Å². The number of aromatic nitrogens is 2. The Labute approximate surface area is 119 Å². The molecule has 2 rings (SSSR count). The minimum Gasteiger partial charge on any atom is -0.368 e. The molecule has 0 radical (unpaired) electrons. The maximum Gasteiger partial charge on any atom is 0.244 e. The van der Waals surface area contributed by atoms with E-state index >= 15 is 0 Å². The van der Waals surface area contributed by atoms with Crippen molar-refractivity contribution in [2.24, 2.45) is 0 Å². The van der Waals surface area contributed by atoms with Crippen LogP contribution in [0, 0.1) is 0 Å². The van der Waals surface area contributed by atoms with Gasteiger partial charge in [-0.1, -0.05) is 11.6 Å². The summed E-state index contributed by atoms with van der Waals surface area (Å²) in [5.74, 6) is 0.116. The lowest BCUT2D eigenvalue weighted by molar-refractivity contribution is -0.116. The van der Waals surface area contributed by atoms with Gasteiger partial charge in [-0.15, -0.1) is 0 Å². The summed E-state index contributed by atoms with van der Waals surface area (Å²) < 4.78 is 0. The smallest absolute Gasteiger partial charge is 0.244 e. The van der Waals surface area contributed by atoms with E-state index in [1.807, 2.05) is 6.92 Å². The zero-order chi connectivity index (χ0) is 14.4. The Morgan fingerprint density at radius 1 is 1.40 bits per heavy atom. The van der Waals surface area contributed by atoms with Gasteiger partial charge >= 0.3 is 0 Å². The van der Waals surface area contributed by atoms with Gasteiger partial charge in [-0.2, -0.15) is 0 Å². The fraction of sp³-hybridized carbons (Fsp3) is 0.400. The number of nitrogen functional groups attached to an aromatic ring is 1. The molecule has 5 nitrogen and oxygen atoms in total. The van der Waals surface area contributed by atoms with Gasteiger partial charge in [0.15, 0.2) is 0 Å². The van der Waals surface area contributed by atoms with E-state index in [0.717, 1.165) is 18.4 Å². The second-order valence-electron chi connectivity index (χ2n) is 4.96. The number of nitrogens with zero attached hydrogens (tertiary/aromatic N) is 2. The number of hydrogen-bond acceptors (Lipinski definition) is 4. The molecule has 0 bridgehead atoms. The number of amides is 1. The first-order valence-corrected chi connectivity index (χ1v) is 6.90. The molecule has 1 aliphatic rings. The number of carbonyl (C=O) groups is 1. The van der Waals surface area contributed by atoms with Crippen LogP contribution in [-0.2, 0) is 4.79 Å². The van der Waals surface area contributed by atoms with E-state index in [2.05, 4.69) is 21.4 Å². The topological polar surface area (TPSA) is 80.9 Å². The summed E-state index contributed by atoms with van der Waals surface area (Å²) in [5, 5.41) is 2.97. The summed E-state index contributed by atoms with van der Waals surface area (Å²) in [6.07, 6.45) is 13.2. The Morgan fingerprint density at radius 2 is 2.15 bits per heavy atom. The molecule has 1 heterocycles. The van der Waals surface area contributed by atoms with Gasteiger partial charge < -0.3 is 11.1 Å². The molecule has 0 aromatic carbocycles. The van der Waals surface area contributed by atoms with Gasteiger partial charge in [0, 0.05) is 30.1 Å². The summed E-state index contributed by atoms with van der Waals surface area (Å²) in [5.41, 5.74) is 7.48. The zero-order valence-corrected chi connectivity index (χ0v) is 11.7. The molecule has 5 heteroatoms. The van der Waals surface area contributed by atoms with Crippen LogP contribution < -0.4 is 11.1 Å². The molecule has 3 N–H and O–H groups in total. The number of nitrogens with one attached hydrogen (secondary N) is 1. The van der Waals surface area contributed by atoms with Gasteiger partial charge in [-0.05, 0) is 38.7 Å². The fourth-order valence-corrected chi connectivity index (χ4v) is 2.22. The molecule has 0 spiro atoms. The van der Waals surface area contributed by atoms with Crippen molar-refractivity contribution in [3.05, 3.63) is 35.7 Å². The third-order valence-electron chi connectivity index (χ3n) is 3.36. The van der Waals surface area contributed by atoms with Crippen LogP contribution in [-0.4, -0.2) is 21.9 Å². The lowest BCUT2D eigenvalue weighted by Crippen LogP contribution is -2.33. The Kier molecular flexibility index (Phi) is 4.87. The third kappa shape index (κ3) is 4.19. The zero-order valence-electron chi connectivity index (χ0n) is 11.7. The van der Waals surface area contributed by atoms with E-state index in [1.54, 1.807) is 18.5 Å². The van der Waals surface area contributed by atoms with Crippen LogP contribution in [0.4, 0.5) is 5.95 Å². The number of anilines is 1. The quantitative estimate of drug-likeness (QED) is 0.649. The first-order valence-electron chi connectivity index (χ1n) is 6.90. The molecule has 1 aromatic heterocycles. The highest BCUT2D eigenvalue weighted by molar-refractivity contribution is 5.92. The van der Waals surface area contributed by atoms with Crippen molar-refractivity contribution in [1.82, 2.24) is 15.3 Å². The van der Waals surface area contributed by atoms with Crippen LogP contribution in [0.1, 0.15) is 38.2 Å². The van der Waals surface area contributed by atoms with Gasteiger partial charge in [0.25, 0.3) is 0 Å². The van der Waals surface area contributed by atoms with Gasteiger partial charge in [0.05, 0.1) is 0 Å². The summed E-state index contributed by atoms with van der Waals surface area (Å²) in [6, 6.07) is 0.0927. The first-order chi connectivity index (χ1) is 9.65. The molecule has 106 valence electrons. The largest absolute Gasteiger partial charge is 0.368 e. The van der Waals surface area contributed by atoms with E-state index in [9.17, 15) is 4.79 Å². The predicted molar refractivity (Wildman–Crippen MR) is 79.6 cm³/mol. The van der Waals surface area contributed by atoms with Gasteiger partial charge in [-0.3, -0.25) is 4.79 Å². The number of hydrogen-bond donors (Lipinski definition) is 2. The second-order valence-corrected chi connectivity index (χ2v) is 4.96. The Morgan fingerprint density at radius 3 is 2.80 bits per heavy atom. The average molecular weight is 272 g/mol. The lowest BCUT2D eigenvalue weighted by Gasteiger charge is -2.20. The number of allylic oxidation sites excluding steroid dienone is 1. The average Bonchev–Trinajstić information content (AvgIpc) is 2.47. The maximum absolute atomic E-state index is 11.8. The van der Waals surface area contributed by atoms with Crippen molar-refractivity contribution < 1.29 is 4.79 Å². The number of nitrogens with two attached hydrogens (primary N) is 1. The summed E-state index contributed by atoms with van der Waals surface area (Å²) in [4.78, 5) is 19.6. The van der Waals surface area contributed by atoms with E-state index < -0.39 is 0 Å².